The van der Waals surface area contributed by atoms with Crippen molar-refractivity contribution in [2.24, 2.45) is 0 Å². The van der Waals surface area contributed by atoms with E-state index in [4.69, 9.17) is 4.74 Å². The summed E-state index contributed by atoms with van der Waals surface area (Å²) in [5.74, 6) is 0.699. The highest BCUT2D eigenvalue weighted by atomic mass is 16.5. The molecule has 2 rings (SSSR count). The standard InChI is InChI=1S/C13H17NO2/c1-13(2,3)14-12(15)10-8-16-11-7-5-4-6-9(10)11/h4-7,10H,8H2,1-3H3,(H,14,15). The van der Waals surface area contributed by atoms with E-state index in [2.05, 4.69) is 5.32 Å². The molecule has 1 aromatic rings. The predicted octanol–water partition coefficient (Wildman–Crippen LogP) is 2.08. The molecule has 1 aliphatic heterocycles. The van der Waals surface area contributed by atoms with Gasteiger partial charge in [-0.3, -0.25) is 4.79 Å². The molecular weight excluding hydrogens is 202 g/mol. The van der Waals surface area contributed by atoms with Crippen molar-refractivity contribution in [1.29, 1.82) is 0 Å². The lowest BCUT2D eigenvalue weighted by Crippen LogP contribution is -2.43. The summed E-state index contributed by atoms with van der Waals surface area (Å²) in [4.78, 5) is 12.0. The highest BCUT2D eigenvalue weighted by Crippen LogP contribution is 2.33. The topological polar surface area (TPSA) is 38.3 Å². The lowest BCUT2D eigenvalue weighted by Gasteiger charge is -2.22. The van der Waals surface area contributed by atoms with E-state index in [0.717, 1.165) is 11.3 Å². The predicted molar refractivity (Wildman–Crippen MR) is 62.6 cm³/mol. The summed E-state index contributed by atoms with van der Waals surface area (Å²) in [6.45, 7) is 6.38. The minimum Gasteiger partial charge on any atom is -0.492 e. The number of hydrogen-bond donors (Lipinski definition) is 1. The normalized spacial score (nSPS) is 18.8. The van der Waals surface area contributed by atoms with Crippen LogP contribution in [0.1, 0.15) is 32.3 Å². The quantitative estimate of drug-likeness (QED) is 0.785. The van der Waals surface area contributed by atoms with Crippen molar-refractivity contribution >= 4 is 5.91 Å². The fourth-order valence-electron chi connectivity index (χ4n) is 1.84. The van der Waals surface area contributed by atoms with Crippen LogP contribution in [0.2, 0.25) is 0 Å². The first-order chi connectivity index (χ1) is 7.47. The minimum atomic E-state index is -0.200. The maximum atomic E-state index is 12.0. The second-order valence-electron chi connectivity index (χ2n) is 5.14. The van der Waals surface area contributed by atoms with Crippen LogP contribution in [0.4, 0.5) is 0 Å². The van der Waals surface area contributed by atoms with Gasteiger partial charge in [0.1, 0.15) is 18.3 Å². The molecule has 1 amide bonds. The number of ether oxygens (including phenoxy) is 1. The molecule has 16 heavy (non-hydrogen) atoms. The van der Waals surface area contributed by atoms with Gasteiger partial charge >= 0.3 is 0 Å². The first-order valence-electron chi connectivity index (χ1n) is 5.51. The number of amides is 1. The summed E-state index contributed by atoms with van der Waals surface area (Å²) in [5, 5.41) is 2.98. The molecule has 1 aliphatic rings. The average Bonchev–Trinajstić information content (AvgIpc) is 2.58. The Kier molecular flexibility index (Phi) is 2.62. The molecule has 1 atom stereocenters. The van der Waals surface area contributed by atoms with Gasteiger partial charge in [0, 0.05) is 11.1 Å². The molecule has 0 bridgehead atoms. The van der Waals surface area contributed by atoms with Crippen LogP contribution in [0, 0.1) is 0 Å². The Hall–Kier alpha value is -1.51. The number of fused-ring (bicyclic) bond motifs is 1. The van der Waals surface area contributed by atoms with Crippen LogP contribution in [0.25, 0.3) is 0 Å². The molecule has 0 aliphatic carbocycles. The van der Waals surface area contributed by atoms with Gasteiger partial charge in [-0.1, -0.05) is 18.2 Å². The van der Waals surface area contributed by atoms with Crippen LogP contribution in [0.3, 0.4) is 0 Å². The molecule has 86 valence electrons. The number of hydrogen-bond acceptors (Lipinski definition) is 2. The van der Waals surface area contributed by atoms with Gasteiger partial charge < -0.3 is 10.1 Å². The Bertz CT molecular complexity index is 407. The average molecular weight is 219 g/mol. The molecule has 0 saturated heterocycles. The van der Waals surface area contributed by atoms with Gasteiger partial charge in [-0.15, -0.1) is 0 Å². The number of nitrogens with one attached hydrogen (secondary N) is 1. The van der Waals surface area contributed by atoms with Crippen molar-refractivity contribution in [2.45, 2.75) is 32.2 Å². The summed E-state index contributed by atoms with van der Waals surface area (Å²) in [7, 11) is 0. The molecule has 3 nitrogen and oxygen atoms in total. The van der Waals surface area contributed by atoms with Crippen LogP contribution in [0.5, 0.6) is 5.75 Å². The van der Waals surface area contributed by atoms with Gasteiger partial charge in [0.15, 0.2) is 0 Å². The Morgan fingerprint density at radius 1 is 1.38 bits per heavy atom. The monoisotopic (exact) mass is 219 g/mol. The summed E-state index contributed by atoms with van der Waals surface area (Å²) in [5.41, 5.74) is 0.790. The van der Waals surface area contributed by atoms with Crippen molar-refractivity contribution in [3.8, 4) is 5.75 Å². The van der Waals surface area contributed by atoms with E-state index < -0.39 is 0 Å². The summed E-state index contributed by atoms with van der Waals surface area (Å²) < 4.78 is 5.49. The smallest absolute Gasteiger partial charge is 0.231 e. The molecule has 1 aromatic carbocycles. The maximum absolute atomic E-state index is 12.0. The SMILES string of the molecule is CC(C)(C)NC(=O)C1COc2ccccc21. The van der Waals surface area contributed by atoms with Crippen LogP contribution >= 0.6 is 0 Å². The molecule has 1 heterocycles. The third-order valence-electron chi connectivity index (χ3n) is 2.51. The van der Waals surface area contributed by atoms with Gasteiger partial charge in [-0.2, -0.15) is 0 Å². The van der Waals surface area contributed by atoms with Gasteiger partial charge in [0.05, 0.1) is 0 Å². The molecule has 0 radical (unpaired) electrons. The van der Waals surface area contributed by atoms with E-state index in [-0.39, 0.29) is 17.4 Å². The van der Waals surface area contributed by atoms with Crippen LogP contribution in [-0.4, -0.2) is 18.1 Å². The summed E-state index contributed by atoms with van der Waals surface area (Å²) >= 11 is 0. The zero-order valence-corrected chi connectivity index (χ0v) is 9.91. The fourth-order valence-corrected chi connectivity index (χ4v) is 1.84. The molecule has 1 unspecified atom stereocenters. The first-order valence-corrected chi connectivity index (χ1v) is 5.51. The molecule has 1 N–H and O–H groups in total. The van der Waals surface area contributed by atoms with Crippen molar-refractivity contribution < 1.29 is 9.53 Å². The summed E-state index contributed by atoms with van der Waals surface area (Å²) in [6.07, 6.45) is 0. The van der Waals surface area contributed by atoms with Crippen molar-refractivity contribution in [1.82, 2.24) is 5.32 Å². The van der Waals surface area contributed by atoms with Gasteiger partial charge in [0.2, 0.25) is 5.91 Å². The molecular formula is C13H17NO2. The largest absolute Gasteiger partial charge is 0.492 e. The lowest BCUT2D eigenvalue weighted by atomic mass is 9.99. The minimum absolute atomic E-state index is 0.0393. The Labute approximate surface area is 95.8 Å². The Balaban J connectivity index is 2.16. The number of carbonyl (C=O) groups excluding carboxylic acids is 1. The first kappa shape index (κ1) is 11.0. The Morgan fingerprint density at radius 3 is 2.75 bits per heavy atom. The third-order valence-corrected chi connectivity index (χ3v) is 2.51. The zero-order valence-electron chi connectivity index (χ0n) is 9.91. The van der Waals surface area contributed by atoms with E-state index in [1.54, 1.807) is 0 Å². The molecule has 0 aromatic heterocycles. The van der Waals surface area contributed by atoms with Crippen molar-refractivity contribution in [3.05, 3.63) is 29.8 Å². The third kappa shape index (κ3) is 2.18. The lowest BCUT2D eigenvalue weighted by molar-refractivity contribution is -0.124. The highest BCUT2D eigenvalue weighted by molar-refractivity contribution is 5.86. The maximum Gasteiger partial charge on any atom is 0.231 e. The molecule has 0 saturated carbocycles. The number of rotatable bonds is 1. The van der Waals surface area contributed by atoms with Crippen LogP contribution < -0.4 is 10.1 Å². The van der Waals surface area contributed by atoms with Gasteiger partial charge in [-0.25, -0.2) is 0 Å². The fraction of sp³-hybridized carbons (Fsp3) is 0.462. The second-order valence-corrected chi connectivity index (χ2v) is 5.14. The Morgan fingerprint density at radius 2 is 2.06 bits per heavy atom. The number of para-hydroxylation sites is 1. The molecule has 0 fully saturated rings. The zero-order chi connectivity index (χ0) is 11.8. The van der Waals surface area contributed by atoms with Crippen LogP contribution in [0.15, 0.2) is 24.3 Å². The molecule has 0 spiro atoms. The molecule has 3 heteroatoms. The van der Waals surface area contributed by atoms with E-state index >= 15 is 0 Å². The van der Waals surface area contributed by atoms with E-state index in [0.29, 0.717) is 6.61 Å². The van der Waals surface area contributed by atoms with Crippen molar-refractivity contribution in [2.75, 3.05) is 6.61 Å². The highest BCUT2D eigenvalue weighted by Gasteiger charge is 2.31. The van der Waals surface area contributed by atoms with Gasteiger partial charge in [-0.05, 0) is 26.8 Å². The van der Waals surface area contributed by atoms with Crippen LogP contribution in [-0.2, 0) is 4.79 Å². The summed E-state index contributed by atoms with van der Waals surface area (Å²) in [6, 6.07) is 7.71. The van der Waals surface area contributed by atoms with E-state index in [1.165, 1.54) is 0 Å². The second kappa shape index (κ2) is 3.81. The van der Waals surface area contributed by atoms with E-state index in [9.17, 15) is 4.79 Å². The van der Waals surface area contributed by atoms with Crippen molar-refractivity contribution in [3.63, 3.8) is 0 Å². The van der Waals surface area contributed by atoms with Gasteiger partial charge in [0.25, 0.3) is 0 Å². The number of benzene rings is 1. The number of carbonyl (C=O) groups is 1. The van der Waals surface area contributed by atoms with E-state index in [1.807, 2.05) is 45.0 Å².